The molecule has 122 valence electrons. The Bertz CT molecular complexity index is 383. The second-order valence-electron chi connectivity index (χ2n) is 7.96. The van der Waals surface area contributed by atoms with E-state index in [2.05, 4.69) is 27.7 Å². The Labute approximate surface area is 128 Å². The Balaban J connectivity index is 2.04. The third-order valence-electron chi connectivity index (χ3n) is 6.34. The lowest BCUT2D eigenvalue weighted by Crippen LogP contribution is -2.66. The van der Waals surface area contributed by atoms with Gasteiger partial charge in [0, 0.05) is 5.92 Å². The molecule has 6 unspecified atom stereocenters. The Morgan fingerprint density at radius 2 is 1.95 bits per heavy atom. The molecule has 2 heterocycles. The van der Waals surface area contributed by atoms with Crippen molar-refractivity contribution in [2.24, 2.45) is 23.7 Å². The van der Waals surface area contributed by atoms with Crippen LogP contribution in [0.3, 0.4) is 0 Å². The number of hydrogen-bond acceptors (Lipinski definition) is 4. The van der Waals surface area contributed by atoms with E-state index in [0.29, 0.717) is 30.3 Å². The van der Waals surface area contributed by atoms with Crippen LogP contribution in [0, 0.1) is 23.7 Å². The lowest BCUT2D eigenvalue weighted by Gasteiger charge is -2.56. The standard InChI is InChI=1S/C17H30O4/c1-5-12-10-19-15-17(21-18)13(8-9-16(3,4)20-15)11(2)6-7-14(12)17/h11-15,18H,5-10H2,1-4H3. The molecular formula is C17H30O4. The van der Waals surface area contributed by atoms with Crippen LogP contribution in [0.25, 0.3) is 0 Å². The van der Waals surface area contributed by atoms with Crippen LogP contribution in [-0.2, 0) is 14.4 Å². The van der Waals surface area contributed by atoms with E-state index in [1.165, 1.54) is 6.42 Å². The van der Waals surface area contributed by atoms with Crippen molar-refractivity contribution in [2.75, 3.05) is 6.61 Å². The highest BCUT2D eigenvalue weighted by Crippen LogP contribution is 2.56. The zero-order chi connectivity index (χ0) is 15.3. The molecule has 3 rings (SSSR count). The number of rotatable bonds is 2. The molecule has 3 aliphatic rings. The Morgan fingerprint density at radius 1 is 1.19 bits per heavy atom. The molecule has 0 radical (unpaired) electrons. The maximum atomic E-state index is 9.95. The van der Waals surface area contributed by atoms with Crippen molar-refractivity contribution >= 4 is 0 Å². The summed E-state index contributed by atoms with van der Waals surface area (Å²) in [7, 11) is 0. The van der Waals surface area contributed by atoms with E-state index < -0.39 is 11.9 Å². The van der Waals surface area contributed by atoms with Crippen molar-refractivity contribution in [3.8, 4) is 0 Å². The maximum absolute atomic E-state index is 9.95. The van der Waals surface area contributed by atoms with E-state index in [4.69, 9.17) is 14.4 Å². The number of hydrogen-bond donors (Lipinski definition) is 1. The van der Waals surface area contributed by atoms with Gasteiger partial charge in [0.05, 0.1) is 12.2 Å². The largest absolute Gasteiger partial charge is 0.349 e. The normalized spacial score (nSPS) is 49.3. The van der Waals surface area contributed by atoms with Gasteiger partial charge >= 0.3 is 0 Å². The van der Waals surface area contributed by atoms with E-state index >= 15 is 0 Å². The van der Waals surface area contributed by atoms with Gasteiger partial charge in [0.15, 0.2) is 11.9 Å². The van der Waals surface area contributed by atoms with E-state index in [-0.39, 0.29) is 5.60 Å². The van der Waals surface area contributed by atoms with Crippen LogP contribution < -0.4 is 0 Å². The minimum Gasteiger partial charge on any atom is -0.349 e. The molecule has 0 bridgehead atoms. The highest BCUT2D eigenvalue weighted by atomic mass is 17.1. The van der Waals surface area contributed by atoms with Crippen molar-refractivity contribution in [3.63, 3.8) is 0 Å². The topological polar surface area (TPSA) is 47.9 Å². The molecule has 1 saturated carbocycles. The van der Waals surface area contributed by atoms with Gasteiger partial charge in [-0.1, -0.05) is 20.3 Å². The average Bonchev–Trinajstić information content (AvgIpc) is 2.57. The monoisotopic (exact) mass is 298 g/mol. The van der Waals surface area contributed by atoms with Crippen LogP contribution in [0.15, 0.2) is 0 Å². The van der Waals surface area contributed by atoms with Crippen LogP contribution in [0.4, 0.5) is 0 Å². The Hall–Kier alpha value is -0.160. The average molecular weight is 298 g/mol. The predicted octanol–water partition coefficient (Wildman–Crippen LogP) is 3.85. The van der Waals surface area contributed by atoms with E-state index in [1.807, 2.05) is 0 Å². The second kappa shape index (κ2) is 5.48. The summed E-state index contributed by atoms with van der Waals surface area (Å²) in [5.74, 6) is 1.63. The Morgan fingerprint density at radius 3 is 2.62 bits per heavy atom. The first-order valence-electron chi connectivity index (χ1n) is 8.56. The third-order valence-corrected chi connectivity index (χ3v) is 6.34. The zero-order valence-corrected chi connectivity index (χ0v) is 13.8. The highest BCUT2D eigenvalue weighted by Gasteiger charge is 2.64. The Kier molecular flexibility index (Phi) is 4.11. The highest BCUT2D eigenvalue weighted by molar-refractivity contribution is 5.07. The molecule has 21 heavy (non-hydrogen) atoms. The fourth-order valence-corrected chi connectivity index (χ4v) is 5.07. The van der Waals surface area contributed by atoms with Gasteiger partial charge in [-0.25, -0.2) is 4.89 Å². The van der Waals surface area contributed by atoms with Gasteiger partial charge in [-0.05, 0) is 57.3 Å². The van der Waals surface area contributed by atoms with Gasteiger partial charge < -0.3 is 9.47 Å². The smallest absolute Gasteiger partial charge is 0.190 e. The summed E-state index contributed by atoms with van der Waals surface area (Å²) in [5.41, 5.74) is -0.902. The molecule has 0 amide bonds. The lowest BCUT2D eigenvalue weighted by molar-refractivity contribution is -0.440. The van der Waals surface area contributed by atoms with Gasteiger partial charge in [0.2, 0.25) is 0 Å². The third kappa shape index (κ3) is 2.35. The van der Waals surface area contributed by atoms with Gasteiger partial charge in [0.25, 0.3) is 0 Å². The fraction of sp³-hybridized carbons (Fsp3) is 1.00. The summed E-state index contributed by atoms with van der Waals surface area (Å²) in [5, 5.41) is 9.95. The molecule has 2 saturated heterocycles. The molecule has 0 aromatic carbocycles. The molecule has 4 heteroatoms. The van der Waals surface area contributed by atoms with Crippen molar-refractivity contribution in [2.45, 2.75) is 77.3 Å². The summed E-state index contributed by atoms with van der Waals surface area (Å²) >= 11 is 0. The molecule has 4 nitrogen and oxygen atoms in total. The first-order valence-corrected chi connectivity index (χ1v) is 8.56. The molecule has 0 aromatic heterocycles. The molecule has 1 aliphatic carbocycles. The molecule has 2 aliphatic heterocycles. The SMILES string of the molecule is CCC1COC2OC(C)(C)CCC3C(C)CCC1C23OO. The van der Waals surface area contributed by atoms with E-state index in [1.54, 1.807) is 0 Å². The second-order valence-corrected chi connectivity index (χ2v) is 7.96. The van der Waals surface area contributed by atoms with E-state index in [9.17, 15) is 5.26 Å². The van der Waals surface area contributed by atoms with Gasteiger partial charge in [-0.15, -0.1) is 0 Å². The molecular weight excluding hydrogens is 268 g/mol. The summed E-state index contributed by atoms with van der Waals surface area (Å²) in [6.07, 6.45) is 4.94. The van der Waals surface area contributed by atoms with Crippen LogP contribution in [0.1, 0.15) is 59.8 Å². The van der Waals surface area contributed by atoms with Crippen LogP contribution in [-0.4, -0.2) is 29.4 Å². The van der Waals surface area contributed by atoms with Crippen LogP contribution in [0.5, 0.6) is 0 Å². The first kappa shape index (κ1) is 15.7. The summed E-state index contributed by atoms with van der Waals surface area (Å²) < 4.78 is 12.3. The van der Waals surface area contributed by atoms with Gasteiger partial charge in [-0.2, -0.15) is 0 Å². The summed E-state index contributed by atoms with van der Waals surface area (Å²) in [4.78, 5) is 5.28. The van der Waals surface area contributed by atoms with Crippen molar-refractivity contribution < 1.29 is 19.6 Å². The van der Waals surface area contributed by atoms with Crippen LogP contribution in [0.2, 0.25) is 0 Å². The molecule has 0 spiro atoms. The maximum Gasteiger partial charge on any atom is 0.190 e. The first-order chi connectivity index (χ1) is 9.94. The van der Waals surface area contributed by atoms with Crippen molar-refractivity contribution in [3.05, 3.63) is 0 Å². The summed E-state index contributed by atoms with van der Waals surface area (Å²) in [6.45, 7) is 9.43. The van der Waals surface area contributed by atoms with Gasteiger partial charge in [0.1, 0.15) is 0 Å². The van der Waals surface area contributed by atoms with E-state index in [0.717, 1.165) is 25.7 Å². The summed E-state index contributed by atoms with van der Waals surface area (Å²) in [6, 6.07) is 0. The van der Waals surface area contributed by atoms with Crippen molar-refractivity contribution in [1.82, 2.24) is 0 Å². The molecule has 0 aromatic rings. The molecule has 3 fully saturated rings. The quantitative estimate of drug-likeness (QED) is 0.621. The predicted molar refractivity (Wildman–Crippen MR) is 79.7 cm³/mol. The zero-order valence-electron chi connectivity index (χ0n) is 13.8. The van der Waals surface area contributed by atoms with Crippen LogP contribution >= 0.6 is 0 Å². The number of ether oxygens (including phenoxy) is 2. The minimum atomic E-state index is -0.676. The van der Waals surface area contributed by atoms with Crippen molar-refractivity contribution in [1.29, 1.82) is 0 Å². The lowest BCUT2D eigenvalue weighted by atomic mass is 9.58. The minimum absolute atomic E-state index is 0.225. The molecule has 1 N–H and O–H groups in total. The fourth-order valence-electron chi connectivity index (χ4n) is 5.07. The molecule has 6 atom stereocenters. The van der Waals surface area contributed by atoms with Gasteiger partial charge in [-0.3, -0.25) is 5.26 Å².